The zero-order chi connectivity index (χ0) is 16.4. The fourth-order valence-corrected chi connectivity index (χ4v) is 4.08. The highest BCUT2D eigenvalue weighted by molar-refractivity contribution is 7.18. The molecule has 1 aromatic heterocycles. The average molecular weight is 329 g/mol. The number of aromatic nitrogens is 1. The Balaban J connectivity index is 1.81. The number of rotatable bonds is 4. The predicted octanol–water partition coefficient (Wildman–Crippen LogP) is 4.32. The first-order chi connectivity index (χ1) is 11.0. The van der Waals surface area contributed by atoms with Gasteiger partial charge < -0.3 is 11.1 Å². The zero-order valence-corrected chi connectivity index (χ0v) is 14.5. The molecule has 1 heterocycles. The number of benzene rings is 1. The standard InChI is InChI=1S/C18H23N3OS/c1-11-8-9-14(12(2)10-11)15(22)16-17(19)21-18(23-16)20-13-6-4-3-5-7-13/h8-10,13H,3-7,19H2,1-2H3,(H,20,21). The molecule has 0 bridgehead atoms. The van der Waals surface area contributed by atoms with Crippen LogP contribution in [0.1, 0.15) is 58.5 Å². The van der Waals surface area contributed by atoms with Crippen molar-refractivity contribution in [1.82, 2.24) is 4.98 Å². The second-order valence-electron chi connectivity index (χ2n) is 6.36. The third-order valence-corrected chi connectivity index (χ3v) is 5.42. The molecule has 0 amide bonds. The summed E-state index contributed by atoms with van der Waals surface area (Å²) < 4.78 is 0. The van der Waals surface area contributed by atoms with Gasteiger partial charge in [-0.25, -0.2) is 4.98 Å². The van der Waals surface area contributed by atoms with E-state index in [1.807, 2.05) is 32.0 Å². The number of nitrogens with one attached hydrogen (secondary N) is 1. The van der Waals surface area contributed by atoms with Crippen LogP contribution in [0.2, 0.25) is 0 Å². The van der Waals surface area contributed by atoms with Crippen molar-refractivity contribution in [2.24, 2.45) is 0 Å². The lowest BCUT2D eigenvalue weighted by molar-refractivity contribution is 0.104. The minimum atomic E-state index is -0.0332. The van der Waals surface area contributed by atoms with E-state index in [1.54, 1.807) is 0 Å². The smallest absolute Gasteiger partial charge is 0.207 e. The van der Waals surface area contributed by atoms with Crippen LogP contribution in [-0.4, -0.2) is 16.8 Å². The number of ketones is 1. The molecule has 1 aromatic carbocycles. The number of thiazole rings is 1. The van der Waals surface area contributed by atoms with E-state index in [4.69, 9.17) is 5.73 Å². The minimum absolute atomic E-state index is 0.0332. The van der Waals surface area contributed by atoms with Crippen molar-refractivity contribution < 1.29 is 4.79 Å². The Bertz CT molecular complexity index is 717. The van der Waals surface area contributed by atoms with Crippen molar-refractivity contribution in [3.05, 3.63) is 39.8 Å². The lowest BCUT2D eigenvalue weighted by Crippen LogP contribution is -2.22. The molecule has 0 radical (unpaired) electrons. The number of nitrogens with two attached hydrogens (primary N) is 1. The van der Waals surface area contributed by atoms with Gasteiger partial charge in [0.1, 0.15) is 10.7 Å². The van der Waals surface area contributed by atoms with E-state index in [9.17, 15) is 4.79 Å². The molecule has 0 unspecified atom stereocenters. The van der Waals surface area contributed by atoms with Crippen molar-refractivity contribution >= 4 is 28.1 Å². The van der Waals surface area contributed by atoms with Gasteiger partial charge in [-0.05, 0) is 32.3 Å². The van der Waals surface area contributed by atoms with E-state index in [-0.39, 0.29) is 5.78 Å². The molecule has 5 heteroatoms. The molecule has 1 fully saturated rings. The van der Waals surface area contributed by atoms with Crippen molar-refractivity contribution in [2.75, 3.05) is 11.1 Å². The summed E-state index contributed by atoms with van der Waals surface area (Å²) >= 11 is 1.37. The maximum absolute atomic E-state index is 12.8. The number of carbonyl (C=O) groups excluding carboxylic acids is 1. The largest absolute Gasteiger partial charge is 0.382 e. The monoisotopic (exact) mass is 329 g/mol. The number of anilines is 2. The van der Waals surface area contributed by atoms with Crippen LogP contribution in [0.5, 0.6) is 0 Å². The van der Waals surface area contributed by atoms with E-state index >= 15 is 0 Å². The van der Waals surface area contributed by atoms with E-state index in [2.05, 4.69) is 10.3 Å². The summed E-state index contributed by atoms with van der Waals surface area (Å²) in [6.07, 6.45) is 6.16. The van der Waals surface area contributed by atoms with E-state index in [0.717, 1.165) is 16.3 Å². The summed E-state index contributed by atoms with van der Waals surface area (Å²) in [4.78, 5) is 17.7. The van der Waals surface area contributed by atoms with Gasteiger partial charge in [0.15, 0.2) is 5.13 Å². The van der Waals surface area contributed by atoms with Gasteiger partial charge >= 0.3 is 0 Å². The molecule has 1 aliphatic rings. The Kier molecular flexibility index (Phi) is 4.66. The Morgan fingerprint density at radius 3 is 2.70 bits per heavy atom. The van der Waals surface area contributed by atoms with Crippen molar-refractivity contribution in [3.8, 4) is 0 Å². The number of aryl methyl sites for hydroxylation is 2. The molecule has 1 saturated carbocycles. The lowest BCUT2D eigenvalue weighted by Gasteiger charge is -2.22. The van der Waals surface area contributed by atoms with Gasteiger partial charge in [-0.3, -0.25) is 4.79 Å². The van der Waals surface area contributed by atoms with Crippen LogP contribution < -0.4 is 11.1 Å². The first-order valence-electron chi connectivity index (χ1n) is 8.19. The van der Waals surface area contributed by atoms with Crippen LogP contribution in [0, 0.1) is 13.8 Å². The number of carbonyl (C=O) groups is 1. The zero-order valence-electron chi connectivity index (χ0n) is 13.7. The molecule has 3 N–H and O–H groups in total. The van der Waals surface area contributed by atoms with Crippen LogP contribution in [0.15, 0.2) is 18.2 Å². The Morgan fingerprint density at radius 2 is 2.00 bits per heavy atom. The second-order valence-corrected chi connectivity index (χ2v) is 7.36. The molecule has 4 nitrogen and oxygen atoms in total. The predicted molar refractivity (Wildman–Crippen MR) is 96.4 cm³/mol. The Labute approximate surface area is 141 Å². The maximum Gasteiger partial charge on any atom is 0.207 e. The summed E-state index contributed by atoms with van der Waals surface area (Å²) in [5.41, 5.74) is 8.83. The van der Waals surface area contributed by atoms with Gasteiger partial charge in [0.2, 0.25) is 5.78 Å². The highest BCUT2D eigenvalue weighted by Gasteiger charge is 2.21. The molecule has 0 spiro atoms. The summed E-state index contributed by atoms with van der Waals surface area (Å²) in [6.45, 7) is 3.98. The van der Waals surface area contributed by atoms with Gasteiger partial charge in [0.25, 0.3) is 0 Å². The highest BCUT2D eigenvalue weighted by Crippen LogP contribution is 2.30. The quantitative estimate of drug-likeness (QED) is 0.820. The first-order valence-corrected chi connectivity index (χ1v) is 9.01. The number of hydrogen-bond donors (Lipinski definition) is 2. The van der Waals surface area contributed by atoms with Crippen LogP contribution in [0.3, 0.4) is 0 Å². The average Bonchev–Trinajstić information content (AvgIpc) is 2.88. The summed E-state index contributed by atoms with van der Waals surface area (Å²) in [5.74, 6) is 0.299. The van der Waals surface area contributed by atoms with Gasteiger partial charge in [-0.2, -0.15) is 0 Å². The number of nitrogen functional groups attached to an aromatic ring is 1. The first kappa shape index (κ1) is 16.0. The van der Waals surface area contributed by atoms with E-state index < -0.39 is 0 Å². The molecule has 1 aliphatic carbocycles. The third-order valence-electron chi connectivity index (χ3n) is 4.42. The van der Waals surface area contributed by atoms with Crippen LogP contribution >= 0.6 is 11.3 Å². The van der Waals surface area contributed by atoms with Gasteiger partial charge in [0, 0.05) is 11.6 Å². The fourth-order valence-electron chi connectivity index (χ4n) is 3.17. The summed E-state index contributed by atoms with van der Waals surface area (Å²) in [6, 6.07) is 6.31. The Morgan fingerprint density at radius 1 is 1.26 bits per heavy atom. The van der Waals surface area contributed by atoms with Crippen LogP contribution in [0.4, 0.5) is 10.9 Å². The molecule has 0 aliphatic heterocycles. The van der Waals surface area contributed by atoms with Crippen LogP contribution in [-0.2, 0) is 0 Å². The molecule has 3 rings (SSSR count). The van der Waals surface area contributed by atoms with Gasteiger partial charge in [-0.1, -0.05) is 54.4 Å². The molecule has 0 saturated heterocycles. The number of nitrogens with zero attached hydrogens (tertiary/aromatic N) is 1. The molecule has 122 valence electrons. The lowest BCUT2D eigenvalue weighted by atomic mass is 9.96. The molecule has 23 heavy (non-hydrogen) atoms. The third kappa shape index (κ3) is 3.55. The topological polar surface area (TPSA) is 68.0 Å². The minimum Gasteiger partial charge on any atom is -0.382 e. The second kappa shape index (κ2) is 6.71. The van der Waals surface area contributed by atoms with Crippen LogP contribution in [0.25, 0.3) is 0 Å². The molecular formula is C18H23N3OS. The van der Waals surface area contributed by atoms with Gasteiger partial charge in [-0.15, -0.1) is 0 Å². The highest BCUT2D eigenvalue weighted by atomic mass is 32.1. The number of hydrogen-bond acceptors (Lipinski definition) is 5. The van der Waals surface area contributed by atoms with Crippen molar-refractivity contribution in [1.29, 1.82) is 0 Å². The SMILES string of the molecule is Cc1ccc(C(=O)c2sc(NC3CCCCC3)nc2N)c(C)c1. The van der Waals surface area contributed by atoms with E-state index in [0.29, 0.717) is 22.3 Å². The molecule has 2 aromatic rings. The maximum atomic E-state index is 12.8. The van der Waals surface area contributed by atoms with Crippen molar-refractivity contribution in [2.45, 2.75) is 52.0 Å². The molecular weight excluding hydrogens is 306 g/mol. The van der Waals surface area contributed by atoms with E-state index in [1.165, 1.54) is 43.4 Å². The summed E-state index contributed by atoms with van der Waals surface area (Å²) in [7, 11) is 0. The summed E-state index contributed by atoms with van der Waals surface area (Å²) in [5, 5.41) is 4.21. The molecule has 0 atom stereocenters. The normalized spacial score (nSPS) is 15.6. The fraction of sp³-hybridized carbons (Fsp3) is 0.444. The van der Waals surface area contributed by atoms with Gasteiger partial charge in [0.05, 0.1) is 0 Å². The Hall–Kier alpha value is -1.88. The van der Waals surface area contributed by atoms with Crippen molar-refractivity contribution in [3.63, 3.8) is 0 Å².